The summed E-state index contributed by atoms with van der Waals surface area (Å²) < 4.78 is 10.9. The molecule has 6 heteroatoms. The summed E-state index contributed by atoms with van der Waals surface area (Å²) in [6.07, 6.45) is 3.11. The Morgan fingerprint density at radius 3 is 2.34 bits per heavy atom. The Bertz CT molecular complexity index is 946. The number of hydrogen-bond acceptors (Lipinski definition) is 4. The van der Waals surface area contributed by atoms with E-state index in [4.69, 9.17) is 9.47 Å². The van der Waals surface area contributed by atoms with Gasteiger partial charge in [-0.2, -0.15) is 0 Å². The van der Waals surface area contributed by atoms with Crippen LogP contribution in [0.25, 0.3) is 0 Å². The van der Waals surface area contributed by atoms with Gasteiger partial charge in [0.05, 0.1) is 19.8 Å². The fourth-order valence-electron chi connectivity index (χ4n) is 3.83. The highest BCUT2D eigenvalue weighted by atomic mass is 16.5. The van der Waals surface area contributed by atoms with E-state index in [0.717, 1.165) is 30.4 Å². The minimum absolute atomic E-state index is 0.0310. The van der Waals surface area contributed by atoms with Crippen LogP contribution in [0, 0.1) is 0 Å². The number of nitrogens with one attached hydrogen (secondary N) is 1. The molecular weight excluding hydrogens is 406 g/mol. The zero-order valence-corrected chi connectivity index (χ0v) is 20.0. The molecule has 1 atom stereocenters. The molecule has 32 heavy (non-hydrogen) atoms. The zero-order valence-electron chi connectivity index (χ0n) is 20.0. The molecule has 0 bridgehead atoms. The van der Waals surface area contributed by atoms with Crippen molar-refractivity contribution in [1.82, 2.24) is 0 Å². The molecule has 0 aliphatic carbocycles. The Morgan fingerprint density at radius 1 is 1.06 bits per heavy atom. The minimum atomic E-state index is -1.02. The van der Waals surface area contributed by atoms with Crippen molar-refractivity contribution < 1.29 is 24.2 Å². The lowest BCUT2D eigenvalue weighted by atomic mass is 9.85. The first-order valence-corrected chi connectivity index (χ1v) is 11.0. The topological polar surface area (TPSA) is 84.9 Å². The van der Waals surface area contributed by atoms with Crippen LogP contribution in [-0.2, 0) is 10.2 Å². The molecule has 0 aliphatic heterocycles. The minimum Gasteiger partial charge on any atom is -0.497 e. The zero-order chi connectivity index (χ0) is 23.9. The molecule has 6 nitrogen and oxygen atoms in total. The lowest BCUT2D eigenvalue weighted by Crippen LogP contribution is -2.21. The van der Waals surface area contributed by atoms with Crippen LogP contribution in [-0.4, -0.2) is 31.2 Å². The molecule has 0 aliphatic rings. The van der Waals surface area contributed by atoms with Gasteiger partial charge in [-0.3, -0.25) is 4.79 Å². The Kier molecular flexibility index (Phi) is 8.70. The maximum atomic E-state index is 13.1. The van der Waals surface area contributed by atoms with Gasteiger partial charge in [-0.15, -0.1) is 0 Å². The monoisotopic (exact) mass is 441 g/mol. The molecule has 1 amide bonds. The highest BCUT2D eigenvalue weighted by Crippen LogP contribution is 2.36. The van der Waals surface area contributed by atoms with E-state index in [1.807, 2.05) is 39.0 Å². The van der Waals surface area contributed by atoms with Crippen molar-refractivity contribution in [3.8, 4) is 11.5 Å². The normalized spacial score (nSPS) is 12.2. The van der Waals surface area contributed by atoms with Gasteiger partial charge in [-0.05, 0) is 47.1 Å². The maximum Gasteiger partial charge on any atom is 0.335 e. The molecule has 0 saturated carbocycles. The van der Waals surface area contributed by atoms with E-state index in [9.17, 15) is 14.7 Å². The fourth-order valence-corrected chi connectivity index (χ4v) is 3.83. The van der Waals surface area contributed by atoms with Gasteiger partial charge in [-0.1, -0.05) is 52.7 Å². The number of methoxy groups -OCH3 is 2. The van der Waals surface area contributed by atoms with Crippen LogP contribution in [0.3, 0.4) is 0 Å². The van der Waals surface area contributed by atoms with Gasteiger partial charge >= 0.3 is 5.97 Å². The fraction of sp³-hybridized carbons (Fsp3) is 0.462. The van der Waals surface area contributed by atoms with E-state index in [2.05, 4.69) is 12.2 Å². The number of carbonyl (C=O) groups excluding carboxylic acids is 1. The van der Waals surface area contributed by atoms with Crippen LogP contribution in [0.1, 0.15) is 80.8 Å². The number of unbranched alkanes of at least 4 members (excludes halogenated alkanes) is 1. The molecule has 0 fully saturated rings. The number of rotatable bonds is 10. The first-order valence-electron chi connectivity index (χ1n) is 11.0. The van der Waals surface area contributed by atoms with E-state index in [-0.39, 0.29) is 29.2 Å². The predicted octanol–water partition coefficient (Wildman–Crippen LogP) is 6.00. The van der Waals surface area contributed by atoms with Gasteiger partial charge in [0.25, 0.3) is 0 Å². The summed E-state index contributed by atoms with van der Waals surface area (Å²) in [6.45, 7) is 8.22. The molecule has 2 rings (SSSR count). The number of hydrogen-bond donors (Lipinski definition) is 2. The summed E-state index contributed by atoms with van der Waals surface area (Å²) >= 11 is 0. The molecule has 0 spiro atoms. The van der Waals surface area contributed by atoms with Crippen LogP contribution in [0.2, 0.25) is 0 Å². The largest absolute Gasteiger partial charge is 0.497 e. The highest BCUT2D eigenvalue weighted by Gasteiger charge is 2.24. The molecule has 0 heterocycles. The van der Waals surface area contributed by atoms with Crippen LogP contribution in [0.15, 0.2) is 36.4 Å². The van der Waals surface area contributed by atoms with Crippen molar-refractivity contribution in [2.24, 2.45) is 0 Å². The second-order valence-corrected chi connectivity index (χ2v) is 9.01. The quantitative estimate of drug-likeness (QED) is 0.472. The van der Waals surface area contributed by atoms with Gasteiger partial charge in [0.1, 0.15) is 11.5 Å². The number of carboxylic acid groups (broad SMARTS) is 1. The van der Waals surface area contributed by atoms with Gasteiger partial charge < -0.3 is 19.9 Å². The standard InChI is InChI=1S/C26H35NO5/c1-7-8-9-17(20-12-11-19(31-5)16-23(20)32-6)15-24(28)27-22-14-18(25(29)30)10-13-21(22)26(2,3)4/h10-14,16-17H,7-9,15H2,1-6H3,(H,27,28)(H,29,30). The van der Waals surface area contributed by atoms with E-state index in [1.165, 1.54) is 6.07 Å². The Hall–Kier alpha value is -3.02. The van der Waals surface area contributed by atoms with Gasteiger partial charge in [0.2, 0.25) is 5.91 Å². The van der Waals surface area contributed by atoms with Crippen molar-refractivity contribution in [1.29, 1.82) is 0 Å². The van der Waals surface area contributed by atoms with Crippen molar-refractivity contribution in [2.75, 3.05) is 19.5 Å². The molecule has 2 N–H and O–H groups in total. The number of ether oxygens (including phenoxy) is 2. The summed E-state index contributed by atoms with van der Waals surface area (Å²) in [5.41, 5.74) is 2.29. The Balaban J connectivity index is 2.34. The van der Waals surface area contributed by atoms with Crippen LogP contribution in [0.4, 0.5) is 5.69 Å². The molecular formula is C26H35NO5. The lowest BCUT2D eigenvalue weighted by molar-refractivity contribution is -0.116. The van der Waals surface area contributed by atoms with E-state index in [1.54, 1.807) is 26.4 Å². The van der Waals surface area contributed by atoms with Crippen molar-refractivity contribution in [3.63, 3.8) is 0 Å². The Morgan fingerprint density at radius 2 is 1.78 bits per heavy atom. The Labute approximate surface area is 190 Å². The third kappa shape index (κ3) is 6.49. The molecule has 0 radical (unpaired) electrons. The van der Waals surface area contributed by atoms with Gasteiger partial charge in [0.15, 0.2) is 0 Å². The third-order valence-electron chi connectivity index (χ3n) is 5.57. The first kappa shape index (κ1) is 25.2. The first-order chi connectivity index (χ1) is 15.1. The highest BCUT2D eigenvalue weighted by molar-refractivity contribution is 5.95. The lowest BCUT2D eigenvalue weighted by Gasteiger charge is -2.24. The van der Waals surface area contributed by atoms with E-state index in [0.29, 0.717) is 17.2 Å². The van der Waals surface area contributed by atoms with Crippen molar-refractivity contribution in [3.05, 3.63) is 53.1 Å². The number of aromatic carboxylic acids is 1. The maximum absolute atomic E-state index is 13.1. The summed E-state index contributed by atoms with van der Waals surface area (Å²) in [6, 6.07) is 10.6. The summed E-state index contributed by atoms with van der Waals surface area (Å²) in [5.74, 6) is 0.185. The number of anilines is 1. The van der Waals surface area contributed by atoms with E-state index >= 15 is 0 Å². The van der Waals surface area contributed by atoms with Crippen LogP contribution < -0.4 is 14.8 Å². The number of amides is 1. The average Bonchev–Trinajstić information content (AvgIpc) is 2.75. The summed E-state index contributed by atoms with van der Waals surface area (Å²) in [7, 11) is 3.22. The van der Waals surface area contributed by atoms with Gasteiger partial charge in [0, 0.05) is 18.2 Å². The van der Waals surface area contributed by atoms with E-state index < -0.39 is 5.97 Å². The van der Waals surface area contributed by atoms with Crippen molar-refractivity contribution >= 4 is 17.6 Å². The van der Waals surface area contributed by atoms with Crippen molar-refractivity contribution in [2.45, 2.75) is 64.7 Å². The molecule has 0 saturated heterocycles. The van der Waals surface area contributed by atoms with Crippen LogP contribution in [0.5, 0.6) is 11.5 Å². The summed E-state index contributed by atoms with van der Waals surface area (Å²) in [5, 5.41) is 12.4. The predicted molar refractivity (Wildman–Crippen MR) is 127 cm³/mol. The molecule has 0 aromatic heterocycles. The number of carbonyl (C=O) groups is 2. The molecule has 2 aromatic carbocycles. The molecule has 1 unspecified atom stereocenters. The number of benzene rings is 2. The van der Waals surface area contributed by atoms with Gasteiger partial charge in [-0.25, -0.2) is 4.79 Å². The SMILES string of the molecule is CCCCC(CC(=O)Nc1cc(C(=O)O)ccc1C(C)(C)C)c1ccc(OC)cc1OC. The molecule has 2 aromatic rings. The number of carboxylic acids is 1. The second-order valence-electron chi connectivity index (χ2n) is 9.01. The summed E-state index contributed by atoms with van der Waals surface area (Å²) in [4.78, 5) is 24.6. The molecule has 174 valence electrons. The smallest absolute Gasteiger partial charge is 0.335 e. The third-order valence-corrected chi connectivity index (χ3v) is 5.57. The average molecular weight is 442 g/mol. The van der Waals surface area contributed by atoms with Crippen LogP contribution >= 0.6 is 0 Å². The second kappa shape index (κ2) is 11.0.